The number of carboxylic acids is 1. The van der Waals surface area contributed by atoms with Crippen LogP contribution in [0.4, 0.5) is 0 Å². The van der Waals surface area contributed by atoms with Crippen LogP contribution in [0.5, 0.6) is 0 Å². The average molecular weight is 228 g/mol. The first-order valence-corrected chi connectivity index (χ1v) is 4.90. The number of carbonyl (C=O) groups is 3. The monoisotopic (exact) mass is 228 g/mol. The zero-order chi connectivity index (χ0) is 12.6. The zero-order valence-corrected chi connectivity index (χ0v) is 9.32. The summed E-state index contributed by atoms with van der Waals surface area (Å²) in [6, 6.07) is 0.0649. The lowest BCUT2D eigenvalue weighted by molar-refractivity contribution is -0.131. The normalized spacial score (nSPS) is 10.4. The van der Waals surface area contributed by atoms with Gasteiger partial charge in [-0.3, -0.25) is 9.59 Å². The van der Waals surface area contributed by atoms with Crippen LogP contribution in [0.1, 0.15) is 20.3 Å². The van der Waals surface area contributed by atoms with Gasteiger partial charge in [0, 0.05) is 31.2 Å². The van der Waals surface area contributed by atoms with Gasteiger partial charge >= 0.3 is 5.97 Å². The van der Waals surface area contributed by atoms with Crippen LogP contribution in [-0.2, 0) is 14.4 Å². The molecule has 0 aliphatic carbocycles. The van der Waals surface area contributed by atoms with Gasteiger partial charge in [-0.15, -0.1) is 0 Å². The van der Waals surface area contributed by atoms with E-state index in [-0.39, 0.29) is 24.9 Å². The van der Waals surface area contributed by atoms with Crippen molar-refractivity contribution in [2.45, 2.75) is 26.3 Å². The number of carboxylic acid groups (broad SMARTS) is 1. The molecule has 6 nitrogen and oxygen atoms in total. The van der Waals surface area contributed by atoms with Gasteiger partial charge in [-0.05, 0) is 13.8 Å². The lowest BCUT2D eigenvalue weighted by Crippen LogP contribution is -2.33. The summed E-state index contributed by atoms with van der Waals surface area (Å²) in [6.45, 7) is 3.86. The maximum atomic E-state index is 11.1. The predicted molar refractivity (Wildman–Crippen MR) is 57.7 cm³/mol. The predicted octanol–water partition coefficient (Wildman–Crippen LogP) is -0.342. The third-order valence-corrected chi connectivity index (χ3v) is 1.48. The van der Waals surface area contributed by atoms with Crippen molar-refractivity contribution < 1.29 is 19.5 Å². The molecule has 0 fully saturated rings. The van der Waals surface area contributed by atoms with Crippen molar-refractivity contribution in [2.75, 3.05) is 6.54 Å². The van der Waals surface area contributed by atoms with Crippen LogP contribution < -0.4 is 10.6 Å². The van der Waals surface area contributed by atoms with E-state index in [1.807, 2.05) is 13.8 Å². The molecular weight excluding hydrogens is 212 g/mol. The smallest absolute Gasteiger partial charge is 0.328 e. The molecule has 0 atom stereocenters. The van der Waals surface area contributed by atoms with E-state index in [9.17, 15) is 14.4 Å². The summed E-state index contributed by atoms with van der Waals surface area (Å²) in [7, 11) is 0. The van der Waals surface area contributed by atoms with Crippen LogP contribution >= 0.6 is 0 Å². The first kappa shape index (κ1) is 14.2. The van der Waals surface area contributed by atoms with E-state index in [0.717, 1.165) is 12.2 Å². The minimum Gasteiger partial charge on any atom is -0.478 e. The van der Waals surface area contributed by atoms with Gasteiger partial charge in [0.25, 0.3) is 0 Å². The molecule has 0 radical (unpaired) electrons. The largest absolute Gasteiger partial charge is 0.478 e. The fraction of sp³-hybridized carbons (Fsp3) is 0.500. The second-order valence-corrected chi connectivity index (χ2v) is 3.43. The van der Waals surface area contributed by atoms with Gasteiger partial charge < -0.3 is 15.7 Å². The highest BCUT2D eigenvalue weighted by atomic mass is 16.4. The molecule has 0 spiro atoms. The fourth-order valence-electron chi connectivity index (χ4n) is 0.899. The van der Waals surface area contributed by atoms with E-state index in [0.29, 0.717) is 0 Å². The Labute approximate surface area is 93.7 Å². The molecule has 0 aromatic carbocycles. The van der Waals surface area contributed by atoms with Crippen molar-refractivity contribution in [3.8, 4) is 0 Å². The molecule has 0 aliphatic rings. The second kappa shape index (κ2) is 7.44. The summed E-state index contributed by atoms with van der Waals surface area (Å²) < 4.78 is 0. The molecule has 0 rings (SSSR count). The molecular formula is C10H16N2O4. The minimum atomic E-state index is -1.19. The number of carbonyl (C=O) groups excluding carboxylic acids is 2. The Balaban J connectivity index is 3.70. The summed E-state index contributed by atoms with van der Waals surface area (Å²) in [5.74, 6) is -1.87. The Hall–Kier alpha value is -1.85. The van der Waals surface area contributed by atoms with Crippen molar-refractivity contribution in [3.05, 3.63) is 12.2 Å². The lowest BCUT2D eigenvalue weighted by atomic mass is 10.3. The van der Waals surface area contributed by atoms with Gasteiger partial charge in [0.2, 0.25) is 11.8 Å². The van der Waals surface area contributed by atoms with Crippen LogP contribution in [0.3, 0.4) is 0 Å². The molecule has 0 saturated carbocycles. The van der Waals surface area contributed by atoms with Crippen molar-refractivity contribution >= 4 is 17.8 Å². The molecule has 0 unspecified atom stereocenters. The molecule has 0 aromatic heterocycles. The standard InChI is InChI=1S/C10H16N2O4/c1-7(2)12-9(14)5-6-11-8(13)3-4-10(15)16/h3-4,7H,5-6H2,1-2H3,(H,11,13)(H,12,14)(H,15,16)/b4-3+. The molecule has 0 heterocycles. The lowest BCUT2D eigenvalue weighted by Gasteiger charge is -2.07. The van der Waals surface area contributed by atoms with E-state index < -0.39 is 11.9 Å². The van der Waals surface area contributed by atoms with Gasteiger partial charge in [0.15, 0.2) is 0 Å². The molecule has 0 aromatic rings. The summed E-state index contributed by atoms with van der Waals surface area (Å²) in [4.78, 5) is 32.2. The van der Waals surface area contributed by atoms with Gasteiger partial charge in [-0.25, -0.2) is 4.79 Å². The average Bonchev–Trinajstić information content (AvgIpc) is 2.13. The first-order valence-electron chi connectivity index (χ1n) is 4.90. The van der Waals surface area contributed by atoms with Crippen LogP contribution in [0.15, 0.2) is 12.2 Å². The molecule has 6 heteroatoms. The molecule has 0 saturated heterocycles. The van der Waals surface area contributed by atoms with Gasteiger partial charge in [-0.2, -0.15) is 0 Å². The SMILES string of the molecule is CC(C)NC(=O)CCNC(=O)/C=C/C(=O)O. The van der Waals surface area contributed by atoms with E-state index >= 15 is 0 Å². The van der Waals surface area contributed by atoms with Crippen molar-refractivity contribution in [3.63, 3.8) is 0 Å². The topological polar surface area (TPSA) is 95.5 Å². The third kappa shape index (κ3) is 8.74. The summed E-state index contributed by atoms with van der Waals surface area (Å²) in [6.07, 6.45) is 1.82. The van der Waals surface area contributed by atoms with Crippen LogP contribution in [0, 0.1) is 0 Å². The fourth-order valence-corrected chi connectivity index (χ4v) is 0.899. The van der Waals surface area contributed by atoms with E-state index in [1.165, 1.54) is 0 Å². The van der Waals surface area contributed by atoms with E-state index in [4.69, 9.17) is 5.11 Å². The Morgan fingerprint density at radius 1 is 1.25 bits per heavy atom. The highest BCUT2D eigenvalue weighted by molar-refractivity contribution is 5.94. The summed E-state index contributed by atoms with van der Waals surface area (Å²) in [5.41, 5.74) is 0. The number of rotatable bonds is 6. The van der Waals surface area contributed by atoms with Crippen molar-refractivity contribution in [1.82, 2.24) is 10.6 Å². The Morgan fingerprint density at radius 2 is 1.88 bits per heavy atom. The van der Waals surface area contributed by atoms with E-state index in [1.54, 1.807) is 0 Å². The summed E-state index contributed by atoms with van der Waals surface area (Å²) >= 11 is 0. The third-order valence-electron chi connectivity index (χ3n) is 1.48. The number of nitrogens with one attached hydrogen (secondary N) is 2. The second-order valence-electron chi connectivity index (χ2n) is 3.43. The van der Waals surface area contributed by atoms with Crippen molar-refractivity contribution in [2.24, 2.45) is 0 Å². The summed E-state index contributed by atoms with van der Waals surface area (Å²) in [5, 5.41) is 13.3. The van der Waals surface area contributed by atoms with Gasteiger partial charge in [0.05, 0.1) is 0 Å². The maximum absolute atomic E-state index is 11.1. The molecule has 2 amide bonds. The number of hydrogen-bond acceptors (Lipinski definition) is 3. The Bertz CT molecular complexity index is 297. The Morgan fingerprint density at radius 3 is 2.38 bits per heavy atom. The maximum Gasteiger partial charge on any atom is 0.328 e. The number of hydrogen-bond donors (Lipinski definition) is 3. The van der Waals surface area contributed by atoms with Crippen LogP contribution in [0.25, 0.3) is 0 Å². The zero-order valence-electron chi connectivity index (χ0n) is 9.32. The number of aliphatic carboxylic acids is 1. The van der Waals surface area contributed by atoms with E-state index in [2.05, 4.69) is 10.6 Å². The molecule has 16 heavy (non-hydrogen) atoms. The molecule has 0 aliphatic heterocycles. The van der Waals surface area contributed by atoms with Crippen molar-refractivity contribution in [1.29, 1.82) is 0 Å². The van der Waals surface area contributed by atoms with Crippen LogP contribution in [0.2, 0.25) is 0 Å². The first-order chi connectivity index (χ1) is 7.41. The molecule has 90 valence electrons. The Kier molecular flexibility index (Phi) is 6.58. The minimum absolute atomic E-state index is 0.0649. The molecule has 3 N–H and O–H groups in total. The van der Waals surface area contributed by atoms with Gasteiger partial charge in [-0.1, -0.05) is 0 Å². The molecule has 0 bridgehead atoms. The highest BCUT2D eigenvalue weighted by Gasteiger charge is 2.03. The number of amides is 2. The highest BCUT2D eigenvalue weighted by Crippen LogP contribution is 1.83. The van der Waals surface area contributed by atoms with Crippen LogP contribution in [-0.4, -0.2) is 35.5 Å². The quantitative estimate of drug-likeness (QED) is 0.542. The van der Waals surface area contributed by atoms with Gasteiger partial charge in [0.1, 0.15) is 0 Å².